The molecule has 0 saturated carbocycles. The lowest BCUT2D eigenvalue weighted by molar-refractivity contribution is -0.139. The normalized spacial score (nSPS) is 12.6. The van der Waals surface area contributed by atoms with E-state index in [1.807, 2.05) is 6.92 Å². The van der Waals surface area contributed by atoms with Crippen LogP contribution in [0.25, 0.3) is 0 Å². The van der Waals surface area contributed by atoms with Crippen LogP contribution in [0.5, 0.6) is 0 Å². The summed E-state index contributed by atoms with van der Waals surface area (Å²) < 4.78 is 4.78. The van der Waals surface area contributed by atoms with Crippen molar-refractivity contribution in [2.24, 2.45) is 0 Å². The van der Waals surface area contributed by atoms with Crippen LogP contribution in [0.3, 0.4) is 0 Å². The molecule has 1 unspecified atom stereocenters. The van der Waals surface area contributed by atoms with Crippen molar-refractivity contribution in [3.63, 3.8) is 0 Å². The maximum atomic E-state index is 10.8. The van der Waals surface area contributed by atoms with Crippen molar-refractivity contribution >= 4 is 17.7 Å². The molecule has 0 aromatic heterocycles. The van der Waals surface area contributed by atoms with Crippen molar-refractivity contribution < 1.29 is 9.53 Å². The molecule has 0 spiro atoms. The van der Waals surface area contributed by atoms with Gasteiger partial charge >= 0.3 is 5.97 Å². The molecule has 0 fully saturated rings. The third kappa shape index (κ3) is 6.23. The standard InChI is InChI=1S/C8H16O2S/c1-4-7(3)11-6-8(9)10-5-2/h7H,4-6H2,1-3H3. The highest BCUT2D eigenvalue weighted by atomic mass is 32.2. The number of hydrogen-bond acceptors (Lipinski definition) is 3. The molecule has 0 radical (unpaired) electrons. The van der Waals surface area contributed by atoms with Gasteiger partial charge in [-0.15, -0.1) is 11.8 Å². The summed E-state index contributed by atoms with van der Waals surface area (Å²) in [6.07, 6.45) is 1.10. The van der Waals surface area contributed by atoms with Gasteiger partial charge in [0.25, 0.3) is 0 Å². The smallest absolute Gasteiger partial charge is 0.315 e. The van der Waals surface area contributed by atoms with Gasteiger partial charge in [-0.05, 0) is 13.3 Å². The second-order valence-corrected chi connectivity index (χ2v) is 3.76. The van der Waals surface area contributed by atoms with Gasteiger partial charge in [0.05, 0.1) is 12.4 Å². The first-order valence-corrected chi connectivity index (χ1v) is 5.02. The highest BCUT2D eigenvalue weighted by molar-refractivity contribution is 8.00. The third-order valence-corrected chi connectivity index (χ3v) is 2.67. The van der Waals surface area contributed by atoms with Gasteiger partial charge in [0.15, 0.2) is 0 Å². The van der Waals surface area contributed by atoms with Crippen LogP contribution < -0.4 is 0 Å². The Morgan fingerprint density at radius 2 is 2.18 bits per heavy atom. The number of esters is 1. The summed E-state index contributed by atoms with van der Waals surface area (Å²) in [6.45, 7) is 6.54. The van der Waals surface area contributed by atoms with Crippen LogP contribution in [0.4, 0.5) is 0 Å². The predicted octanol–water partition coefficient (Wildman–Crippen LogP) is 2.08. The van der Waals surface area contributed by atoms with Crippen LogP contribution >= 0.6 is 11.8 Å². The number of carbonyl (C=O) groups excluding carboxylic acids is 1. The second kappa shape index (κ2) is 6.53. The van der Waals surface area contributed by atoms with Gasteiger partial charge in [-0.3, -0.25) is 4.79 Å². The lowest BCUT2D eigenvalue weighted by Gasteiger charge is -2.06. The molecule has 3 heteroatoms. The molecule has 0 aliphatic rings. The Bertz CT molecular complexity index is 115. The highest BCUT2D eigenvalue weighted by Gasteiger charge is 2.04. The van der Waals surface area contributed by atoms with Crippen LogP contribution in [0.2, 0.25) is 0 Å². The Morgan fingerprint density at radius 3 is 2.64 bits per heavy atom. The van der Waals surface area contributed by atoms with Crippen LogP contribution in [-0.2, 0) is 9.53 Å². The molecule has 0 heterocycles. The molecule has 66 valence electrons. The highest BCUT2D eigenvalue weighted by Crippen LogP contribution is 2.12. The zero-order valence-electron chi connectivity index (χ0n) is 7.42. The van der Waals surface area contributed by atoms with Crippen LogP contribution in [0.15, 0.2) is 0 Å². The van der Waals surface area contributed by atoms with Gasteiger partial charge in [-0.2, -0.15) is 0 Å². The molecule has 0 amide bonds. The van der Waals surface area contributed by atoms with Crippen LogP contribution in [0, 0.1) is 0 Å². The maximum Gasteiger partial charge on any atom is 0.315 e. The topological polar surface area (TPSA) is 26.3 Å². The average molecular weight is 176 g/mol. The largest absolute Gasteiger partial charge is 0.465 e. The summed E-state index contributed by atoms with van der Waals surface area (Å²) in [5, 5.41) is 0.555. The molecule has 11 heavy (non-hydrogen) atoms. The summed E-state index contributed by atoms with van der Waals surface area (Å²) >= 11 is 1.65. The van der Waals surface area contributed by atoms with Crippen molar-refractivity contribution in [2.45, 2.75) is 32.4 Å². The Hall–Kier alpha value is -0.180. The fraction of sp³-hybridized carbons (Fsp3) is 0.875. The molecule has 0 aliphatic heterocycles. The van der Waals surface area contributed by atoms with E-state index >= 15 is 0 Å². The molecule has 0 rings (SSSR count). The first kappa shape index (κ1) is 10.8. The van der Waals surface area contributed by atoms with Gasteiger partial charge in [0.2, 0.25) is 0 Å². The molecular formula is C8H16O2S. The van der Waals surface area contributed by atoms with Crippen molar-refractivity contribution in [3.05, 3.63) is 0 Å². The quantitative estimate of drug-likeness (QED) is 0.600. The van der Waals surface area contributed by atoms with Gasteiger partial charge in [-0.1, -0.05) is 13.8 Å². The first-order valence-electron chi connectivity index (χ1n) is 3.97. The number of ether oxygens (including phenoxy) is 1. The Morgan fingerprint density at radius 1 is 1.55 bits per heavy atom. The summed E-state index contributed by atoms with van der Waals surface area (Å²) in [6, 6.07) is 0. The molecular weight excluding hydrogens is 160 g/mol. The SMILES string of the molecule is CCOC(=O)CSC(C)CC. The Labute approximate surface area is 72.7 Å². The molecule has 0 aromatic rings. The minimum absolute atomic E-state index is 0.0993. The lowest BCUT2D eigenvalue weighted by atomic mass is 10.4. The molecule has 0 aromatic carbocycles. The van der Waals surface area contributed by atoms with Gasteiger partial charge in [-0.25, -0.2) is 0 Å². The first-order chi connectivity index (χ1) is 5.20. The summed E-state index contributed by atoms with van der Waals surface area (Å²) in [7, 11) is 0. The minimum atomic E-state index is -0.0993. The van der Waals surface area contributed by atoms with Gasteiger partial charge in [0.1, 0.15) is 0 Å². The number of carbonyl (C=O) groups is 1. The average Bonchev–Trinajstić information content (AvgIpc) is 2.01. The molecule has 0 N–H and O–H groups in total. The zero-order chi connectivity index (χ0) is 8.69. The van der Waals surface area contributed by atoms with Crippen molar-refractivity contribution in [1.82, 2.24) is 0 Å². The van der Waals surface area contributed by atoms with E-state index in [0.29, 0.717) is 17.6 Å². The minimum Gasteiger partial charge on any atom is -0.465 e. The van der Waals surface area contributed by atoms with Gasteiger partial charge < -0.3 is 4.74 Å². The predicted molar refractivity (Wildman–Crippen MR) is 48.8 cm³/mol. The molecule has 1 atom stereocenters. The van der Waals surface area contributed by atoms with Crippen LogP contribution in [-0.4, -0.2) is 23.6 Å². The Balaban J connectivity index is 3.30. The molecule has 0 saturated heterocycles. The Kier molecular flexibility index (Phi) is 6.42. The van der Waals surface area contributed by atoms with E-state index in [2.05, 4.69) is 13.8 Å². The molecule has 2 nitrogen and oxygen atoms in total. The zero-order valence-corrected chi connectivity index (χ0v) is 8.24. The van der Waals surface area contributed by atoms with Crippen molar-refractivity contribution in [1.29, 1.82) is 0 Å². The van der Waals surface area contributed by atoms with Crippen molar-refractivity contribution in [3.8, 4) is 0 Å². The molecule has 0 bridgehead atoms. The van der Waals surface area contributed by atoms with E-state index in [4.69, 9.17) is 4.74 Å². The summed E-state index contributed by atoms with van der Waals surface area (Å²) in [5.41, 5.74) is 0. The summed E-state index contributed by atoms with van der Waals surface area (Å²) in [5.74, 6) is 0.390. The van der Waals surface area contributed by atoms with Crippen molar-refractivity contribution in [2.75, 3.05) is 12.4 Å². The van der Waals surface area contributed by atoms with E-state index in [0.717, 1.165) is 6.42 Å². The number of thioether (sulfide) groups is 1. The van der Waals surface area contributed by atoms with Gasteiger partial charge in [0, 0.05) is 5.25 Å². The van der Waals surface area contributed by atoms with E-state index in [1.54, 1.807) is 11.8 Å². The second-order valence-electron chi connectivity index (χ2n) is 2.33. The van der Waals surface area contributed by atoms with E-state index in [1.165, 1.54) is 0 Å². The lowest BCUT2D eigenvalue weighted by Crippen LogP contribution is -2.09. The summed E-state index contributed by atoms with van der Waals surface area (Å²) in [4.78, 5) is 10.8. The number of hydrogen-bond donors (Lipinski definition) is 0. The van der Waals surface area contributed by atoms with Crippen LogP contribution in [0.1, 0.15) is 27.2 Å². The van der Waals surface area contributed by atoms with E-state index < -0.39 is 0 Å². The fourth-order valence-corrected chi connectivity index (χ4v) is 1.27. The third-order valence-electron chi connectivity index (χ3n) is 1.37. The monoisotopic (exact) mass is 176 g/mol. The molecule has 0 aliphatic carbocycles. The van der Waals surface area contributed by atoms with E-state index in [-0.39, 0.29) is 5.97 Å². The maximum absolute atomic E-state index is 10.8. The fourth-order valence-electron chi connectivity index (χ4n) is 0.531. The van der Waals surface area contributed by atoms with E-state index in [9.17, 15) is 4.79 Å². The number of rotatable bonds is 5.